The van der Waals surface area contributed by atoms with Crippen LogP contribution in [0.5, 0.6) is 5.75 Å². The van der Waals surface area contributed by atoms with Gasteiger partial charge in [0.15, 0.2) is 0 Å². The van der Waals surface area contributed by atoms with Crippen molar-refractivity contribution in [3.8, 4) is 5.75 Å². The summed E-state index contributed by atoms with van der Waals surface area (Å²) in [6, 6.07) is 8.35. The average molecular weight is 568 g/mol. The predicted molar refractivity (Wildman–Crippen MR) is 151 cm³/mol. The summed E-state index contributed by atoms with van der Waals surface area (Å²) >= 11 is 5.96. The molecule has 1 saturated carbocycles. The molecule has 3 aromatic rings. The minimum Gasteiger partial charge on any atom is -0.491 e. The molecular weight excluding hydrogens is 537 g/mol. The molecule has 1 amide bonds. The maximum Gasteiger partial charge on any atom is 0.248 e. The van der Waals surface area contributed by atoms with Crippen LogP contribution in [0.4, 0.5) is 21.6 Å². The second kappa shape index (κ2) is 11.7. The van der Waals surface area contributed by atoms with Gasteiger partial charge in [-0.1, -0.05) is 17.7 Å². The largest absolute Gasteiger partial charge is 0.491 e. The van der Waals surface area contributed by atoms with Gasteiger partial charge in [-0.25, -0.2) is 14.4 Å². The van der Waals surface area contributed by atoms with Crippen LogP contribution in [0.3, 0.4) is 0 Å². The number of ether oxygens (including phenoxy) is 3. The van der Waals surface area contributed by atoms with Gasteiger partial charge in [-0.15, -0.1) is 0 Å². The van der Waals surface area contributed by atoms with Crippen molar-refractivity contribution < 1.29 is 23.4 Å². The Kier molecular flexibility index (Phi) is 7.84. The van der Waals surface area contributed by atoms with Crippen molar-refractivity contribution in [2.75, 3.05) is 57.3 Å². The topological polar surface area (TPSA) is 97.8 Å². The molecule has 0 bridgehead atoms. The first-order valence-corrected chi connectivity index (χ1v) is 13.8. The summed E-state index contributed by atoms with van der Waals surface area (Å²) in [7, 11) is 1.70. The van der Waals surface area contributed by atoms with Crippen molar-refractivity contribution in [3.63, 3.8) is 0 Å². The highest BCUT2D eigenvalue weighted by molar-refractivity contribution is 6.31. The highest BCUT2D eigenvalue weighted by atomic mass is 35.5. The third-order valence-electron chi connectivity index (χ3n) is 7.97. The average Bonchev–Trinajstić information content (AvgIpc) is 3.35. The van der Waals surface area contributed by atoms with Crippen LogP contribution in [-0.4, -0.2) is 73.4 Å². The number of nitrogens with one attached hydrogen (secondary N) is 2. The number of methoxy groups -OCH3 is 1. The van der Waals surface area contributed by atoms with E-state index in [1.165, 1.54) is 18.5 Å². The molecule has 2 aliphatic heterocycles. The van der Waals surface area contributed by atoms with Gasteiger partial charge in [-0.2, -0.15) is 0 Å². The first kappa shape index (κ1) is 26.9. The van der Waals surface area contributed by atoms with Crippen LogP contribution < -0.4 is 15.4 Å². The van der Waals surface area contributed by atoms with E-state index >= 15 is 0 Å². The molecule has 11 heteroatoms. The smallest absolute Gasteiger partial charge is 0.248 e. The van der Waals surface area contributed by atoms with Crippen LogP contribution in [-0.2, 0) is 14.3 Å². The number of carbonyl (C=O) groups is 1. The van der Waals surface area contributed by atoms with E-state index in [-0.39, 0.29) is 10.9 Å². The zero-order valence-electron chi connectivity index (χ0n) is 22.1. The number of hydrogen-bond acceptors (Lipinski definition) is 8. The minimum atomic E-state index is -0.505. The van der Waals surface area contributed by atoms with Crippen molar-refractivity contribution in [1.82, 2.24) is 14.9 Å². The molecule has 1 aromatic heterocycles. The van der Waals surface area contributed by atoms with E-state index in [0.29, 0.717) is 77.4 Å². The molecule has 9 nitrogen and oxygen atoms in total. The molecule has 2 aromatic carbocycles. The number of anilines is 3. The number of likely N-dealkylation sites (tertiary alicyclic amines) is 1. The molecule has 2 N–H and O–H groups in total. The molecule has 210 valence electrons. The fourth-order valence-corrected chi connectivity index (χ4v) is 5.67. The minimum absolute atomic E-state index is 0.000739. The van der Waals surface area contributed by atoms with Gasteiger partial charge in [0.05, 0.1) is 42.7 Å². The Bertz CT molecular complexity index is 1430. The SMILES string of the molecule is COCC1CCN1C/C=C/C(=O)Nc1cc2c(Nc3ccc(F)c(Cl)c3)ncnc2cc1OCC1C2COCC21. The summed E-state index contributed by atoms with van der Waals surface area (Å²) < 4.78 is 30.7. The van der Waals surface area contributed by atoms with Crippen LogP contribution in [0.25, 0.3) is 10.9 Å². The van der Waals surface area contributed by atoms with E-state index in [1.807, 2.05) is 12.1 Å². The van der Waals surface area contributed by atoms with Crippen molar-refractivity contribution in [2.45, 2.75) is 12.5 Å². The molecule has 6 rings (SSSR count). The maximum absolute atomic E-state index is 13.7. The van der Waals surface area contributed by atoms with E-state index < -0.39 is 5.82 Å². The summed E-state index contributed by atoms with van der Waals surface area (Å²) in [5.74, 6) is 1.81. The number of fused-ring (bicyclic) bond motifs is 2. The monoisotopic (exact) mass is 567 g/mol. The maximum atomic E-state index is 13.7. The van der Waals surface area contributed by atoms with Gasteiger partial charge < -0.3 is 24.8 Å². The Morgan fingerprint density at radius 1 is 1.23 bits per heavy atom. The van der Waals surface area contributed by atoms with Gasteiger partial charge in [0, 0.05) is 55.4 Å². The summed E-state index contributed by atoms with van der Waals surface area (Å²) in [5.41, 5.74) is 1.72. The lowest BCUT2D eigenvalue weighted by Gasteiger charge is -2.39. The Morgan fingerprint density at radius 3 is 2.83 bits per heavy atom. The second-order valence-corrected chi connectivity index (χ2v) is 10.9. The number of rotatable bonds is 11. The number of halogens is 2. The van der Waals surface area contributed by atoms with Crippen LogP contribution in [0.2, 0.25) is 5.02 Å². The fraction of sp³-hybridized carbons (Fsp3) is 0.414. The van der Waals surface area contributed by atoms with Gasteiger partial charge >= 0.3 is 0 Å². The normalized spacial score (nSPS) is 23.7. The summed E-state index contributed by atoms with van der Waals surface area (Å²) in [6.45, 7) is 4.47. The highest BCUT2D eigenvalue weighted by Gasteiger charge is 2.54. The standard InChI is InChI=1S/C29H31ClFN5O4/c1-38-12-18-6-8-36(18)7-2-3-28(37)35-26-10-19-25(11-27(26)40-15-22-20-13-39-14-21(20)22)32-16-33-29(19)34-17-4-5-24(31)23(30)9-17/h2-5,9-11,16,18,20-22H,6-8,12-15H2,1H3,(H,35,37)(H,32,33,34)/b3-2+. The van der Waals surface area contributed by atoms with Crippen LogP contribution in [0.1, 0.15) is 6.42 Å². The van der Waals surface area contributed by atoms with Gasteiger partial charge in [0.2, 0.25) is 5.91 Å². The molecule has 3 atom stereocenters. The van der Waals surface area contributed by atoms with Gasteiger partial charge in [0.25, 0.3) is 0 Å². The van der Waals surface area contributed by atoms with E-state index in [1.54, 1.807) is 25.3 Å². The fourth-order valence-electron chi connectivity index (χ4n) is 5.49. The molecule has 1 aliphatic carbocycles. The molecule has 0 spiro atoms. The number of hydrogen-bond donors (Lipinski definition) is 2. The number of carbonyl (C=O) groups excluding carboxylic acids is 1. The second-order valence-electron chi connectivity index (χ2n) is 10.5. The molecule has 3 fully saturated rings. The van der Waals surface area contributed by atoms with Crippen LogP contribution >= 0.6 is 11.6 Å². The van der Waals surface area contributed by atoms with E-state index in [2.05, 4.69) is 25.5 Å². The van der Waals surface area contributed by atoms with Gasteiger partial charge in [0.1, 0.15) is 23.7 Å². The molecular formula is C29H31ClFN5O4. The summed E-state index contributed by atoms with van der Waals surface area (Å²) in [6.07, 6.45) is 5.94. The third-order valence-corrected chi connectivity index (χ3v) is 8.26. The molecule has 3 unspecified atom stereocenters. The van der Waals surface area contributed by atoms with E-state index in [4.69, 9.17) is 25.8 Å². The van der Waals surface area contributed by atoms with Crippen molar-refractivity contribution in [1.29, 1.82) is 0 Å². The molecule has 0 radical (unpaired) electrons. The molecule has 40 heavy (non-hydrogen) atoms. The van der Waals surface area contributed by atoms with E-state index in [0.717, 1.165) is 26.2 Å². The van der Waals surface area contributed by atoms with E-state index in [9.17, 15) is 9.18 Å². The lowest BCUT2D eigenvalue weighted by atomic mass is 10.0. The number of benzene rings is 2. The Labute approximate surface area is 236 Å². The lowest BCUT2D eigenvalue weighted by molar-refractivity contribution is -0.112. The highest BCUT2D eigenvalue weighted by Crippen LogP contribution is 2.51. The number of amides is 1. The van der Waals surface area contributed by atoms with Gasteiger partial charge in [-0.3, -0.25) is 9.69 Å². The molecule has 3 aliphatic rings. The Morgan fingerprint density at radius 2 is 2.08 bits per heavy atom. The lowest BCUT2D eigenvalue weighted by Crippen LogP contribution is -2.50. The first-order valence-electron chi connectivity index (χ1n) is 13.4. The van der Waals surface area contributed by atoms with Crippen LogP contribution in [0, 0.1) is 23.6 Å². The summed E-state index contributed by atoms with van der Waals surface area (Å²) in [4.78, 5) is 24.0. The third kappa shape index (κ3) is 5.76. The molecule has 3 heterocycles. The van der Waals surface area contributed by atoms with Crippen molar-refractivity contribution >= 4 is 45.6 Å². The first-order chi connectivity index (χ1) is 19.5. The zero-order chi connectivity index (χ0) is 27.6. The quantitative estimate of drug-likeness (QED) is 0.323. The summed E-state index contributed by atoms with van der Waals surface area (Å²) in [5, 5.41) is 6.82. The van der Waals surface area contributed by atoms with Crippen LogP contribution in [0.15, 0.2) is 48.8 Å². The number of nitrogens with zero attached hydrogens (tertiary/aromatic N) is 3. The van der Waals surface area contributed by atoms with Crippen molar-refractivity contribution in [2.24, 2.45) is 17.8 Å². The number of aromatic nitrogens is 2. The Hall–Kier alpha value is -3.31. The predicted octanol–water partition coefficient (Wildman–Crippen LogP) is 4.65. The molecule has 2 saturated heterocycles. The Balaban J connectivity index is 1.22. The van der Waals surface area contributed by atoms with Gasteiger partial charge in [-0.05, 0) is 42.5 Å². The van der Waals surface area contributed by atoms with Crippen molar-refractivity contribution in [3.05, 3.63) is 59.7 Å². The zero-order valence-corrected chi connectivity index (χ0v) is 22.9.